The highest BCUT2D eigenvalue weighted by Gasteiger charge is 2.54. The van der Waals surface area contributed by atoms with Crippen LogP contribution in [0.1, 0.15) is 65.9 Å². The fourth-order valence-corrected chi connectivity index (χ4v) is 10.7. The standard InChI is InChI=1S/C50H57ClF2N10O6S2/c1-29-41(70-28-57-29)35-12-10-32(20-37(35)52)23-55-44(65)39-22-34(64)26-63(39)46(67)42(59-47(68)50(53)14-15-50)49(2,3)71-27-31-8-6-30(7-9-31)25-61-16-18-62(19-17-61)45(66)33-11-13-38(40(21-33)69-5)58-48-56-24-36(51)43(54-4)60-48/h6-13,20-21,24,28,34,39,42,64H,14-19,22-23,25-27H2,1-5H3,(H,55,65)(H,59,68)(H2,54,56,58,60)/t34-,39+,42-/m1/s1. The number of aliphatic hydroxyl groups excluding tert-OH is 1. The van der Waals surface area contributed by atoms with Crippen molar-refractivity contribution in [3.63, 3.8) is 0 Å². The summed E-state index contributed by atoms with van der Waals surface area (Å²) >= 11 is 8.87. The molecule has 21 heteroatoms. The Morgan fingerprint density at radius 1 is 1.01 bits per heavy atom. The molecule has 3 atom stereocenters. The van der Waals surface area contributed by atoms with Crippen molar-refractivity contribution in [2.75, 3.05) is 57.5 Å². The highest BCUT2D eigenvalue weighted by atomic mass is 35.5. The second-order valence-corrected chi connectivity index (χ2v) is 21.4. The number of thioether (sulfide) groups is 1. The highest BCUT2D eigenvalue weighted by Crippen LogP contribution is 2.41. The van der Waals surface area contributed by atoms with Crippen LogP contribution >= 0.6 is 34.7 Å². The van der Waals surface area contributed by atoms with Crippen molar-refractivity contribution in [1.82, 2.24) is 40.3 Å². The van der Waals surface area contributed by atoms with Crippen molar-refractivity contribution in [2.45, 2.75) is 87.5 Å². The van der Waals surface area contributed by atoms with Gasteiger partial charge in [0.15, 0.2) is 5.67 Å². The number of carbonyl (C=O) groups is 4. The number of aromatic nitrogens is 3. The minimum absolute atomic E-state index is 0.0252. The summed E-state index contributed by atoms with van der Waals surface area (Å²) in [6.07, 6.45) is 0.543. The molecule has 376 valence electrons. The number of rotatable bonds is 18. The number of nitrogens with one attached hydrogen (secondary N) is 4. The molecule has 1 saturated carbocycles. The lowest BCUT2D eigenvalue weighted by molar-refractivity contribution is -0.143. The molecule has 8 rings (SSSR count). The van der Waals surface area contributed by atoms with E-state index in [-0.39, 0.29) is 38.3 Å². The number of aliphatic hydroxyl groups is 1. The molecule has 16 nitrogen and oxygen atoms in total. The predicted molar refractivity (Wildman–Crippen MR) is 271 cm³/mol. The Labute approximate surface area is 424 Å². The fraction of sp³-hybridized carbons (Fsp3) is 0.420. The number of β-amino-alcohol motifs (C(OH)–C–C–N with tert-alkyl or cyclic N) is 1. The van der Waals surface area contributed by atoms with Crippen LogP contribution in [0.4, 0.5) is 26.2 Å². The normalized spacial score (nSPS) is 18.2. The lowest BCUT2D eigenvalue weighted by Crippen LogP contribution is -2.61. The maximum absolute atomic E-state index is 15.2. The number of thiazole rings is 1. The van der Waals surface area contributed by atoms with Gasteiger partial charge in [0.2, 0.25) is 17.8 Å². The van der Waals surface area contributed by atoms with Crippen LogP contribution in [0.15, 0.2) is 72.4 Å². The number of piperazine rings is 1. The number of hydrogen-bond donors (Lipinski definition) is 5. The van der Waals surface area contributed by atoms with Crippen LogP contribution in [0.25, 0.3) is 10.4 Å². The van der Waals surface area contributed by atoms with Crippen molar-refractivity contribution in [1.29, 1.82) is 0 Å². The number of alkyl halides is 1. The molecule has 0 bridgehead atoms. The Kier molecular flexibility index (Phi) is 15.8. The van der Waals surface area contributed by atoms with E-state index in [9.17, 15) is 24.3 Å². The molecular weight excluding hydrogens is 974 g/mol. The molecule has 4 heterocycles. The van der Waals surface area contributed by atoms with Crippen LogP contribution in [0.3, 0.4) is 0 Å². The Balaban J connectivity index is 0.849. The molecule has 3 aromatic carbocycles. The molecule has 5 N–H and O–H groups in total. The average Bonchev–Trinajstić information content (AvgIpc) is 3.78. The van der Waals surface area contributed by atoms with Crippen molar-refractivity contribution < 1.29 is 37.8 Å². The maximum atomic E-state index is 15.2. The molecular formula is C50H57ClF2N10O6S2. The molecule has 2 aromatic heterocycles. The van der Waals surface area contributed by atoms with Crippen LogP contribution in [-0.2, 0) is 33.2 Å². The van der Waals surface area contributed by atoms with Gasteiger partial charge >= 0.3 is 0 Å². The van der Waals surface area contributed by atoms with E-state index >= 15 is 8.78 Å². The molecule has 3 fully saturated rings. The second-order valence-electron chi connectivity index (χ2n) is 18.5. The monoisotopic (exact) mass is 1030 g/mol. The molecule has 0 unspecified atom stereocenters. The number of carbonyl (C=O) groups excluding carboxylic acids is 4. The SMILES string of the molecule is CNc1nc(Nc2ccc(C(=O)N3CCN(Cc4ccc(CSC(C)(C)[C@H](NC(=O)C5(F)CC5)C(=O)N5C[C@H](O)C[C@H]5C(=O)NCc5ccc(-c6scnc6C)c(F)c5)cc4)CC3)cc2OC)ncc1Cl. The van der Waals surface area contributed by atoms with Gasteiger partial charge in [0, 0.05) is 80.9 Å². The summed E-state index contributed by atoms with van der Waals surface area (Å²) in [5, 5.41) is 22.7. The Morgan fingerprint density at radius 2 is 1.73 bits per heavy atom. The number of likely N-dealkylation sites (tertiary alicyclic amines) is 1. The number of benzene rings is 3. The predicted octanol–water partition coefficient (Wildman–Crippen LogP) is 6.73. The first-order chi connectivity index (χ1) is 33.9. The largest absolute Gasteiger partial charge is 0.495 e. The van der Waals surface area contributed by atoms with Crippen LogP contribution in [-0.4, -0.2) is 134 Å². The maximum Gasteiger partial charge on any atom is 0.258 e. The van der Waals surface area contributed by atoms with Crippen LogP contribution in [0, 0.1) is 12.7 Å². The molecule has 0 spiro atoms. The third-order valence-electron chi connectivity index (χ3n) is 13.0. The van der Waals surface area contributed by atoms with Gasteiger partial charge in [-0.1, -0.05) is 48.0 Å². The molecule has 2 saturated heterocycles. The van der Waals surface area contributed by atoms with Crippen LogP contribution < -0.4 is 26.0 Å². The number of aryl methyl sites for hydroxylation is 1. The van der Waals surface area contributed by atoms with Gasteiger partial charge in [-0.3, -0.25) is 24.1 Å². The van der Waals surface area contributed by atoms with Gasteiger partial charge in [0.1, 0.15) is 34.5 Å². The Morgan fingerprint density at radius 3 is 2.39 bits per heavy atom. The van der Waals surface area contributed by atoms with E-state index in [1.807, 2.05) is 29.2 Å². The summed E-state index contributed by atoms with van der Waals surface area (Å²) in [7, 11) is 3.24. The zero-order chi connectivity index (χ0) is 50.6. The first-order valence-electron chi connectivity index (χ1n) is 23.3. The van der Waals surface area contributed by atoms with Crippen LogP contribution in [0.5, 0.6) is 5.75 Å². The van der Waals surface area contributed by atoms with E-state index in [4.69, 9.17) is 16.3 Å². The highest BCUT2D eigenvalue weighted by molar-refractivity contribution is 7.99. The van der Waals surface area contributed by atoms with Crippen molar-refractivity contribution >= 4 is 75.8 Å². The number of nitrogens with zero attached hydrogens (tertiary/aromatic N) is 6. The summed E-state index contributed by atoms with van der Waals surface area (Å²) < 4.78 is 34.9. The van der Waals surface area contributed by atoms with E-state index in [0.29, 0.717) is 89.1 Å². The van der Waals surface area contributed by atoms with Gasteiger partial charge in [-0.05, 0) is 74.6 Å². The molecule has 4 amide bonds. The number of amides is 4. The van der Waals surface area contributed by atoms with E-state index < -0.39 is 52.1 Å². The number of anilines is 3. The summed E-state index contributed by atoms with van der Waals surface area (Å²) in [4.78, 5) is 73.9. The summed E-state index contributed by atoms with van der Waals surface area (Å²) in [5.41, 5.74) is 4.35. The van der Waals surface area contributed by atoms with E-state index in [1.54, 1.807) is 63.7 Å². The Hall–Kier alpha value is -5.93. The van der Waals surface area contributed by atoms with Gasteiger partial charge in [0.05, 0.1) is 41.2 Å². The van der Waals surface area contributed by atoms with E-state index in [0.717, 1.165) is 16.0 Å². The van der Waals surface area contributed by atoms with Gasteiger partial charge < -0.3 is 40.9 Å². The van der Waals surface area contributed by atoms with Crippen molar-refractivity contribution in [3.8, 4) is 16.2 Å². The smallest absolute Gasteiger partial charge is 0.258 e. The van der Waals surface area contributed by atoms with Crippen molar-refractivity contribution in [3.05, 3.63) is 111 Å². The van der Waals surface area contributed by atoms with E-state index in [1.165, 1.54) is 47.4 Å². The zero-order valence-electron chi connectivity index (χ0n) is 40.1. The summed E-state index contributed by atoms with van der Waals surface area (Å²) in [6, 6.07) is 15.7. The third kappa shape index (κ3) is 12.1. The molecule has 5 aromatic rings. The van der Waals surface area contributed by atoms with Gasteiger partial charge in [0.25, 0.3) is 11.8 Å². The molecule has 3 aliphatic rings. The summed E-state index contributed by atoms with van der Waals surface area (Å²) in [6.45, 7) is 8.34. The van der Waals surface area contributed by atoms with Gasteiger partial charge in [-0.25, -0.2) is 18.7 Å². The summed E-state index contributed by atoms with van der Waals surface area (Å²) in [5.74, 6) is -0.886. The first kappa shape index (κ1) is 51.4. The van der Waals surface area contributed by atoms with Crippen molar-refractivity contribution in [2.24, 2.45) is 0 Å². The fourth-order valence-electron chi connectivity index (χ4n) is 8.62. The first-order valence-corrected chi connectivity index (χ1v) is 25.5. The number of ether oxygens (including phenoxy) is 1. The average molecular weight is 1030 g/mol. The molecule has 71 heavy (non-hydrogen) atoms. The zero-order valence-corrected chi connectivity index (χ0v) is 42.4. The quantitative estimate of drug-likeness (QED) is 0.0621. The molecule has 2 aliphatic heterocycles. The Bertz CT molecular complexity index is 2770. The topological polar surface area (TPSA) is 194 Å². The molecule has 1 aliphatic carbocycles. The number of hydrogen-bond acceptors (Lipinski definition) is 14. The van der Waals surface area contributed by atoms with Crippen LogP contribution in [0.2, 0.25) is 5.02 Å². The minimum atomic E-state index is -2.06. The van der Waals surface area contributed by atoms with Gasteiger partial charge in [-0.15, -0.1) is 23.1 Å². The minimum Gasteiger partial charge on any atom is -0.495 e. The van der Waals surface area contributed by atoms with Gasteiger partial charge in [-0.2, -0.15) is 4.98 Å². The lowest BCUT2D eigenvalue weighted by Gasteiger charge is -2.37. The number of halogens is 3. The van der Waals surface area contributed by atoms with E-state index in [2.05, 4.69) is 41.1 Å². The molecule has 0 radical (unpaired) electrons. The third-order valence-corrected chi connectivity index (χ3v) is 15.7. The second kappa shape index (κ2) is 21.8. The number of methoxy groups -OCH3 is 1. The lowest BCUT2D eigenvalue weighted by atomic mass is 10.00.